The molecule has 84 valence electrons. The predicted molar refractivity (Wildman–Crippen MR) is 69.3 cm³/mol. The van der Waals surface area contributed by atoms with Gasteiger partial charge in [-0.15, -0.1) is 11.6 Å². The maximum absolute atomic E-state index is 5.71. The van der Waals surface area contributed by atoms with Gasteiger partial charge in [0.25, 0.3) is 0 Å². The second-order valence-electron chi connectivity index (χ2n) is 4.21. The fraction of sp³-hybridized carbons (Fsp3) is 0.538. The van der Waals surface area contributed by atoms with Crippen LogP contribution in [-0.2, 0) is 0 Å². The third kappa shape index (κ3) is 3.13. The van der Waals surface area contributed by atoms with Gasteiger partial charge < -0.3 is 4.90 Å². The average molecular weight is 226 g/mol. The first-order valence-electron chi connectivity index (χ1n) is 5.41. The van der Waals surface area contributed by atoms with Crippen LogP contribution in [0.4, 0.5) is 5.69 Å². The van der Waals surface area contributed by atoms with Gasteiger partial charge in [-0.2, -0.15) is 0 Å². The Kier molecular flexibility index (Phi) is 4.46. The molecule has 15 heavy (non-hydrogen) atoms. The number of aryl methyl sites for hydroxylation is 3. The van der Waals surface area contributed by atoms with Crippen LogP contribution in [0.5, 0.6) is 0 Å². The molecule has 1 aromatic rings. The summed E-state index contributed by atoms with van der Waals surface area (Å²) in [5, 5.41) is 0. The van der Waals surface area contributed by atoms with E-state index in [0.717, 1.165) is 18.8 Å². The van der Waals surface area contributed by atoms with Crippen LogP contribution in [-0.4, -0.2) is 19.5 Å². The zero-order valence-electron chi connectivity index (χ0n) is 10.1. The fourth-order valence-electron chi connectivity index (χ4n) is 2.18. The second kappa shape index (κ2) is 5.41. The van der Waals surface area contributed by atoms with Gasteiger partial charge in [-0.05, 0) is 38.3 Å². The lowest BCUT2D eigenvalue weighted by molar-refractivity contribution is 0.850. The minimum atomic E-state index is 0.730. The summed E-state index contributed by atoms with van der Waals surface area (Å²) >= 11 is 5.71. The lowest BCUT2D eigenvalue weighted by atomic mass is 10.0. The largest absolute Gasteiger partial charge is 0.374 e. The van der Waals surface area contributed by atoms with Crippen LogP contribution in [0.15, 0.2) is 12.1 Å². The van der Waals surface area contributed by atoms with E-state index in [0.29, 0.717) is 0 Å². The Labute approximate surface area is 98.0 Å². The molecule has 2 heteroatoms. The highest BCUT2D eigenvalue weighted by Gasteiger charge is 2.07. The van der Waals surface area contributed by atoms with Crippen LogP contribution >= 0.6 is 11.6 Å². The highest BCUT2D eigenvalue weighted by molar-refractivity contribution is 6.17. The first-order valence-corrected chi connectivity index (χ1v) is 5.94. The number of alkyl halides is 1. The Balaban J connectivity index is 2.92. The van der Waals surface area contributed by atoms with E-state index in [2.05, 4.69) is 44.9 Å². The molecule has 0 unspecified atom stereocenters. The van der Waals surface area contributed by atoms with E-state index in [-0.39, 0.29) is 0 Å². The first kappa shape index (κ1) is 12.4. The summed E-state index contributed by atoms with van der Waals surface area (Å²) in [5.41, 5.74) is 5.39. The van der Waals surface area contributed by atoms with Gasteiger partial charge in [0, 0.05) is 25.2 Å². The summed E-state index contributed by atoms with van der Waals surface area (Å²) in [6.07, 6.45) is 1.03. The molecule has 1 nitrogen and oxygen atoms in total. The molecule has 0 aromatic heterocycles. The number of halogens is 1. The van der Waals surface area contributed by atoms with Gasteiger partial charge in [-0.1, -0.05) is 17.7 Å². The SMILES string of the molecule is Cc1cc(C)c(N(C)CCCCl)c(C)c1. The third-order valence-corrected chi connectivity index (χ3v) is 2.91. The molecule has 0 amide bonds. The first-order chi connectivity index (χ1) is 7.06. The topological polar surface area (TPSA) is 3.24 Å². The summed E-state index contributed by atoms with van der Waals surface area (Å²) in [5.74, 6) is 0.730. The lowest BCUT2D eigenvalue weighted by Crippen LogP contribution is -2.20. The van der Waals surface area contributed by atoms with Gasteiger partial charge >= 0.3 is 0 Å². The third-order valence-electron chi connectivity index (χ3n) is 2.64. The molecular weight excluding hydrogens is 206 g/mol. The van der Waals surface area contributed by atoms with Crippen molar-refractivity contribution in [3.63, 3.8) is 0 Å². The van der Waals surface area contributed by atoms with Crippen molar-refractivity contribution >= 4 is 17.3 Å². The molecule has 0 saturated heterocycles. The Morgan fingerprint density at radius 1 is 1.13 bits per heavy atom. The molecule has 0 saturated carbocycles. The Morgan fingerprint density at radius 2 is 1.67 bits per heavy atom. The average Bonchev–Trinajstić information content (AvgIpc) is 2.12. The number of anilines is 1. The quantitative estimate of drug-likeness (QED) is 0.707. The van der Waals surface area contributed by atoms with Gasteiger partial charge in [0.2, 0.25) is 0 Å². The van der Waals surface area contributed by atoms with E-state index in [9.17, 15) is 0 Å². The van der Waals surface area contributed by atoms with Crippen LogP contribution in [0.1, 0.15) is 23.1 Å². The molecule has 1 rings (SSSR count). The smallest absolute Gasteiger partial charge is 0.0423 e. The normalized spacial score (nSPS) is 10.5. The highest BCUT2D eigenvalue weighted by atomic mass is 35.5. The monoisotopic (exact) mass is 225 g/mol. The van der Waals surface area contributed by atoms with Crippen LogP contribution in [0.3, 0.4) is 0 Å². The minimum absolute atomic E-state index is 0.730. The fourth-order valence-corrected chi connectivity index (χ4v) is 2.30. The van der Waals surface area contributed by atoms with Crippen molar-refractivity contribution in [2.24, 2.45) is 0 Å². The molecule has 0 spiro atoms. The number of hydrogen-bond acceptors (Lipinski definition) is 1. The molecule has 0 bridgehead atoms. The van der Waals surface area contributed by atoms with Crippen molar-refractivity contribution in [2.75, 3.05) is 24.4 Å². The van der Waals surface area contributed by atoms with Gasteiger partial charge in [-0.3, -0.25) is 0 Å². The van der Waals surface area contributed by atoms with Gasteiger partial charge in [0.1, 0.15) is 0 Å². The molecule has 0 heterocycles. The Hall–Kier alpha value is -0.690. The summed E-state index contributed by atoms with van der Waals surface area (Å²) in [4.78, 5) is 2.30. The Bertz CT molecular complexity index is 310. The molecule has 0 radical (unpaired) electrons. The van der Waals surface area contributed by atoms with Crippen molar-refractivity contribution in [1.82, 2.24) is 0 Å². The van der Waals surface area contributed by atoms with Crippen LogP contribution < -0.4 is 4.90 Å². The van der Waals surface area contributed by atoms with Crippen LogP contribution in [0.25, 0.3) is 0 Å². The molecule has 0 atom stereocenters. The van der Waals surface area contributed by atoms with Crippen molar-refractivity contribution in [1.29, 1.82) is 0 Å². The molecule has 0 aliphatic rings. The standard InChI is InChI=1S/C13H20ClN/c1-10-8-11(2)13(12(3)9-10)15(4)7-5-6-14/h8-9H,5-7H2,1-4H3. The van der Waals surface area contributed by atoms with E-state index in [1.165, 1.54) is 22.4 Å². The summed E-state index contributed by atoms with van der Waals surface area (Å²) < 4.78 is 0. The van der Waals surface area contributed by atoms with Crippen molar-refractivity contribution in [2.45, 2.75) is 27.2 Å². The number of hydrogen-bond donors (Lipinski definition) is 0. The maximum Gasteiger partial charge on any atom is 0.0423 e. The van der Waals surface area contributed by atoms with Crippen LogP contribution in [0.2, 0.25) is 0 Å². The summed E-state index contributed by atoms with van der Waals surface area (Å²) in [6, 6.07) is 4.47. The Morgan fingerprint density at radius 3 is 2.13 bits per heavy atom. The summed E-state index contributed by atoms with van der Waals surface area (Å²) in [7, 11) is 2.14. The van der Waals surface area contributed by atoms with E-state index in [1.807, 2.05) is 0 Å². The van der Waals surface area contributed by atoms with E-state index in [4.69, 9.17) is 11.6 Å². The molecule has 0 N–H and O–H groups in total. The van der Waals surface area contributed by atoms with Crippen molar-refractivity contribution in [3.8, 4) is 0 Å². The number of benzene rings is 1. The predicted octanol–water partition coefficient (Wildman–Crippen LogP) is 3.68. The molecule has 0 fully saturated rings. The van der Waals surface area contributed by atoms with E-state index in [1.54, 1.807) is 0 Å². The zero-order valence-corrected chi connectivity index (χ0v) is 10.9. The lowest BCUT2D eigenvalue weighted by Gasteiger charge is -2.23. The van der Waals surface area contributed by atoms with Crippen LogP contribution in [0, 0.1) is 20.8 Å². The van der Waals surface area contributed by atoms with Gasteiger partial charge in [0.05, 0.1) is 0 Å². The molecular formula is C13H20ClN. The van der Waals surface area contributed by atoms with Gasteiger partial charge in [0.15, 0.2) is 0 Å². The van der Waals surface area contributed by atoms with Gasteiger partial charge in [-0.25, -0.2) is 0 Å². The summed E-state index contributed by atoms with van der Waals surface area (Å²) in [6.45, 7) is 7.51. The van der Waals surface area contributed by atoms with Crippen molar-refractivity contribution < 1.29 is 0 Å². The molecule has 0 aliphatic carbocycles. The van der Waals surface area contributed by atoms with E-state index < -0.39 is 0 Å². The number of rotatable bonds is 4. The van der Waals surface area contributed by atoms with Crippen molar-refractivity contribution in [3.05, 3.63) is 28.8 Å². The zero-order chi connectivity index (χ0) is 11.4. The molecule has 1 aromatic carbocycles. The second-order valence-corrected chi connectivity index (χ2v) is 4.59. The minimum Gasteiger partial charge on any atom is -0.374 e. The maximum atomic E-state index is 5.71. The van der Waals surface area contributed by atoms with E-state index >= 15 is 0 Å². The highest BCUT2D eigenvalue weighted by Crippen LogP contribution is 2.25. The number of nitrogens with zero attached hydrogens (tertiary/aromatic N) is 1. The molecule has 0 aliphatic heterocycles.